The number of rotatable bonds is 2. The standard InChI is InChI=1S/C8H7BN3.C8H7N3/c9-12-5-4-11(7-12)8-2-1-3-10-6-8;1-2-8(6-9-3-1)11-5-4-10-7-11/h1-7H;1-7H/q+1;. The molecule has 23 heavy (non-hydrogen) atoms. The molecule has 110 valence electrons. The van der Waals surface area contributed by atoms with Crippen molar-refractivity contribution < 1.29 is 4.48 Å². The first kappa shape index (κ1) is 14.7. The fourth-order valence-corrected chi connectivity index (χ4v) is 1.95. The molecule has 0 aliphatic rings. The quantitative estimate of drug-likeness (QED) is 0.525. The molecule has 0 saturated heterocycles. The van der Waals surface area contributed by atoms with Crippen molar-refractivity contribution in [3.05, 3.63) is 86.5 Å². The number of imidazole rings is 2. The summed E-state index contributed by atoms with van der Waals surface area (Å²) in [5, 5.41) is 0. The average molecular weight is 301 g/mol. The third-order valence-corrected chi connectivity index (χ3v) is 3.05. The smallest absolute Gasteiger partial charge is 0.306 e. The Bertz CT molecular complexity index is 827. The molecule has 0 saturated carbocycles. The van der Waals surface area contributed by atoms with Crippen LogP contribution in [0, 0.1) is 0 Å². The van der Waals surface area contributed by atoms with E-state index in [9.17, 15) is 0 Å². The molecule has 4 rings (SSSR count). The minimum atomic E-state index is 1.00. The molecule has 0 aromatic carbocycles. The van der Waals surface area contributed by atoms with Gasteiger partial charge in [0.2, 0.25) is 6.33 Å². The molecule has 0 bridgehead atoms. The summed E-state index contributed by atoms with van der Waals surface area (Å²) >= 11 is 0. The topological polar surface area (TPSA) is 52.4 Å². The molecule has 0 unspecified atom stereocenters. The van der Waals surface area contributed by atoms with Gasteiger partial charge in [0, 0.05) is 24.8 Å². The Kier molecular flexibility index (Phi) is 4.59. The summed E-state index contributed by atoms with van der Waals surface area (Å²) in [4.78, 5) is 11.9. The molecule has 7 heteroatoms. The van der Waals surface area contributed by atoms with Crippen LogP contribution >= 0.6 is 0 Å². The van der Waals surface area contributed by atoms with Crippen molar-refractivity contribution in [3.8, 4) is 11.4 Å². The molecule has 0 amide bonds. The molecule has 0 spiro atoms. The van der Waals surface area contributed by atoms with Crippen molar-refractivity contribution in [1.29, 1.82) is 0 Å². The maximum absolute atomic E-state index is 5.49. The van der Waals surface area contributed by atoms with Gasteiger partial charge in [-0.25, -0.2) is 9.55 Å². The Hall–Kier alpha value is -3.22. The largest absolute Gasteiger partial charge is 0.408 e. The van der Waals surface area contributed by atoms with Gasteiger partial charge in [-0.3, -0.25) is 9.97 Å². The SMILES string of the molecule is [B][n+]1ccn(-c2cccnc2)c1.c1cncc(-n2ccnc2)c1. The molecular weight excluding hydrogens is 287 g/mol. The first-order valence-electron chi connectivity index (χ1n) is 6.96. The molecule has 2 radical (unpaired) electrons. The van der Waals surface area contributed by atoms with Gasteiger partial charge >= 0.3 is 7.98 Å². The second kappa shape index (κ2) is 7.17. The second-order valence-electron chi connectivity index (χ2n) is 4.66. The molecule has 0 aliphatic carbocycles. The number of nitrogens with zero attached hydrogens (tertiary/aromatic N) is 6. The number of pyridine rings is 2. The summed E-state index contributed by atoms with van der Waals surface area (Å²) in [6, 6.07) is 7.73. The molecule has 4 aromatic heterocycles. The Morgan fingerprint density at radius 3 is 2.00 bits per heavy atom. The Balaban J connectivity index is 0.000000136. The van der Waals surface area contributed by atoms with Crippen LogP contribution in [0.25, 0.3) is 11.4 Å². The minimum Gasteiger partial charge on any atom is -0.306 e. The minimum absolute atomic E-state index is 1.00. The van der Waals surface area contributed by atoms with Gasteiger partial charge in [-0.15, -0.1) is 0 Å². The van der Waals surface area contributed by atoms with Gasteiger partial charge in [-0.05, 0) is 24.3 Å². The predicted octanol–water partition coefficient (Wildman–Crippen LogP) is 1.36. The van der Waals surface area contributed by atoms with Crippen LogP contribution in [0.4, 0.5) is 0 Å². The zero-order valence-corrected chi connectivity index (χ0v) is 12.3. The summed E-state index contributed by atoms with van der Waals surface area (Å²) in [7, 11) is 5.49. The molecule has 0 aliphatic heterocycles. The normalized spacial score (nSPS) is 9.91. The fourth-order valence-electron chi connectivity index (χ4n) is 1.95. The molecule has 0 N–H and O–H groups in total. The molecular formula is C16H14BN6+. The van der Waals surface area contributed by atoms with Crippen LogP contribution in [-0.4, -0.2) is 32.1 Å². The summed E-state index contributed by atoms with van der Waals surface area (Å²) in [5.41, 5.74) is 2.03. The van der Waals surface area contributed by atoms with Gasteiger partial charge in [0.15, 0.2) is 0 Å². The van der Waals surface area contributed by atoms with E-state index in [1.54, 1.807) is 49.8 Å². The van der Waals surface area contributed by atoms with Crippen LogP contribution in [0.5, 0.6) is 0 Å². The van der Waals surface area contributed by atoms with E-state index in [1.165, 1.54) is 4.48 Å². The van der Waals surface area contributed by atoms with Gasteiger partial charge in [0.05, 0.1) is 24.4 Å². The van der Waals surface area contributed by atoms with Gasteiger partial charge in [-0.1, -0.05) is 0 Å². The van der Waals surface area contributed by atoms with E-state index >= 15 is 0 Å². The average Bonchev–Trinajstić information content (AvgIpc) is 3.29. The Morgan fingerprint density at radius 1 is 0.826 bits per heavy atom. The van der Waals surface area contributed by atoms with Crippen LogP contribution in [-0.2, 0) is 0 Å². The highest BCUT2D eigenvalue weighted by Crippen LogP contribution is 2.02. The molecule has 4 heterocycles. The van der Waals surface area contributed by atoms with E-state index in [2.05, 4.69) is 15.0 Å². The van der Waals surface area contributed by atoms with Gasteiger partial charge in [0.1, 0.15) is 18.1 Å². The lowest BCUT2D eigenvalue weighted by molar-refractivity contribution is -0.520. The van der Waals surface area contributed by atoms with E-state index in [1.807, 2.05) is 45.8 Å². The van der Waals surface area contributed by atoms with Crippen molar-refractivity contribution in [1.82, 2.24) is 24.1 Å². The first-order chi connectivity index (χ1) is 11.3. The maximum Gasteiger partial charge on any atom is 0.408 e. The van der Waals surface area contributed by atoms with E-state index in [0.717, 1.165) is 11.4 Å². The summed E-state index contributed by atoms with van der Waals surface area (Å²) in [6.07, 6.45) is 17.9. The van der Waals surface area contributed by atoms with Gasteiger partial charge in [0.25, 0.3) is 0 Å². The van der Waals surface area contributed by atoms with Crippen LogP contribution in [0.15, 0.2) is 86.5 Å². The highest BCUT2D eigenvalue weighted by Gasteiger charge is 2.01. The fraction of sp³-hybridized carbons (Fsp3) is 0. The molecule has 6 nitrogen and oxygen atoms in total. The lowest BCUT2D eigenvalue weighted by Crippen LogP contribution is -2.27. The zero-order valence-electron chi connectivity index (χ0n) is 12.3. The molecule has 0 fully saturated rings. The third kappa shape index (κ3) is 3.91. The van der Waals surface area contributed by atoms with Crippen molar-refractivity contribution in [2.24, 2.45) is 0 Å². The van der Waals surface area contributed by atoms with E-state index < -0.39 is 0 Å². The van der Waals surface area contributed by atoms with Crippen LogP contribution in [0.2, 0.25) is 0 Å². The first-order valence-corrected chi connectivity index (χ1v) is 6.96. The van der Waals surface area contributed by atoms with E-state index in [-0.39, 0.29) is 0 Å². The monoisotopic (exact) mass is 301 g/mol. The lowest BCUT2D eigenvalue weighted by atomic mass is 10.4. The Morgan fingerprint density at radius 2 is 1.52 bits per heavy atom. The molecule has 4 aromatic rings. The summed E-state index contributed by atoms with van der Waals surface area (Å²) < 4.78 is 5.30. The third-order valence-electron chi connectivity index (χ3n) is 3.05. The van der Waals surface area contributed by atoms with Crippen LogP contribution in [0.1, 0.15) is 0 Å². The van der Waals surface area contributed by atoms with Gasteiger partial charge < -0.3 is 9.05 Å². The second-order valence-corrected chi connectivity index (χ2v) is 4.66. The van der Waals surface area contributed by atoms with Crippen molar-refractivity contribution in [2.75, 3.05) is 0 Å². The summed E-state index contributed by atoms with van der Waals surface area (Å²) in [5.74, 6) is 0. The maximum atomic E-state index is 5.49. The van der Waals surface area contributed by atoms with Crippen molar-refractivity contribution in [2.45, 2.75) is 0 Å². The van der Waals surface area contributed by atoms with Crippen molar-refractivity contribution >= 4 is 7.98 Å². The number of aromatic nitrogens is 6. The summed E-state index contributed by atoms with van der Waals surface area (Å²) in [6.45, 7) is 0. The molecule has 0 atom stereocenters. The van der Waals surface area contributed by atoms with Gasteiger partial charge in [-0.2, -0.15) is 0 Å². The lowest BCUT2D eigenvalue weighted by Gasteiger charge is -1.97. The number of hydrogen-bond acceptors (Lipinski definition) is 3. The Labute approximate surface area is 135 Å². The zero-order chi connectivity index (χ0) is 15.9. The van der Waals surface area contributed by atoms with E-state index in [4.69, 9.17) is 7.98 Å². The highest BCUT2D eigenvalue weighted by atomic mass is 15.1. The highest BCUT2D eigenvalue weighted by molar-refractivity contribution is 5.94. The van der Waals surface area contributed by atoms with Crippen LogP contribution < -0.4 is 4.48 Å². The number of hydrogen-bond donors (Lipinski definition) is 0. The predicted molar refractivity (Wildman–Crippen MR) is 86.3 cm³/mol. The van der Waals surface area contributed by atoms with Crippen LogP contribution in [0.3, 0.4) is 0 Å². The van der Waals surface area contributed by atoms with Crippen molar-refractivity contribution in [3.63, 3.8) is 0 Å². The van der Waals surface area contributed by atoms with E-state index in [0.29, 0.717) is 0 Å².